The second-order valence-electron chi connectivity index (χ2n) is 6.32. The van der Waals surface area contributed by atoms with Crippen LogP contribution in [0.3, 0.4) is 0 Å². The topological polar surface area (TPSA) is 52.8 Å². The minimum Gasteiger partial charge on any atom is -0.497 e. The highest BCUT2D eigenvalue weighted by molar-refractivity contribution is 7.98. The van der Waals surface area contributed by atoms with E-state index < -0.39 is 0 Å². The molecule has 0 bridgehead atoms. The number of ether oxygens (including phenoxy) is 1. The maximum absolute atomic E-state index is 5.31. The lowest BCUT2D eigenvalue weighted by Gasteiger charge is -2.10. The minimum atomic E-state index is 0.741. The fourth-order valence-electron chi connectivity index (χ4n) is 2.93. The zero-order valence-electron chi connectivity index (χ0n) is 15.9. The summed E-state index contributed by atoms with van der Waals surface area (Å²) >= 11 is 3.29. The summed E-state index contributed by atoms with van der Waals surface area (Å²) < 4.78 is 7.42. The number of thiazole rings is 1. The molecule has 2 aromatic heterocycles. The fraction of sp³-hybridized carbons (Fsp3) is 0.190. The Hall–Kier alpha value is -2.64. The quantitative estimate of drug-likeness (QED) is 0.405. The van der Waals surface area contributed by atoms with Crippen molar-refractivity contribution in [2.75, 3.05) is 7.11 Å². The van der Waals surface area contributed by atoms with E-state index in [0.29, 0.717) is 0 Å². The highest BCUT2D eigenvalue weighted by Gasteiger charge is 2.14. The summed E-state index contributed by atoms with van der Waals surface area (Å²) in [4.78, 5) is 4.78. The number of aryl methyl sites for hydroxylation is 2. The molecule has 0 saturated carbocycles. The summed E-state index contributed by atoms with van der Waals surface area (Å²) in [6, 6.07) is 16.3. The molecular formula is C21H20N4OS2. The SMILES string of the molecule is COc1cccc(-c2nc(CSc3nnc(C)n3-c3ccccc3C)cs2)c1. The van der Waals surface area contributed by atoms with Crippen LogP contribution in [-0.4, -0.2) is 26.9 Å². The van der Waals surface area contributed by atoms with Crippen LogP contribution >= 0.6 is 23.1 Å². The molecule has 142 valence electrons. The highest BCUT2D eigenvalue weighted by atomic mass is 32.2. The summed E-state index contributed by atoms with van der Waals surface area (Å²) in [5.74, 6) is 2.46. The van der Waals surface area contributed by atoms with Gasteiger partial charge < -0.3 is 4.74 Å². The van der Waals surface area contributed by atoms with E-state index in [1.54, 1.807) is 30.2 Å². The minimum absolute atomic E-state index is 0.741. The summed E-state index contributed by atoms with van der Waals surface area (Å²) in [7, 11) is 1.68. The first-order valence-corrected chi connectivity index (χ1v) is 10.7. The van der Waals surface area contributed by atoms with Gasteiger partial charge in [-0.15, -0.1) is 21.5 Å². The largest absolute Gasteiger partial charge is 0.497 e. The molecule has 2 heterocycles. The summed E-state index contributed by atoms with van der Waals surface area (Å²) in [6.45, 7) is 4.08. The van der Waals surface area contributed by atoms with Crippen molar-refractivity contribution in [2.45, 2.75) is 24.8 Å². The number of rotatable bonds is 6. The van der Waals surface area contributed by atoms with E-state index in [1.807, 2.05) is 37.3 Å². The average molecular weight is 409 g/mol. The van der Waals surface area contributed by atoms with Crippen molar-refractivity contribution in [1.82, 2.24) is 19.7 Å². The number of hydrogen-bond acceptors (Lipinski definition) is 6. The van der Waals surface area contributed by atoms with Crippen molar-refractivity contribution >= 4 is 23.1 Å². The Labute approximate surface area is 172 Å². The van der Waals surface area contributed by atoms with Crippen molar-refractivity contribution < 1.29 is 4.74 Å². The highest BCUT2D eigenvalue weighted by Crippen LogP contribution is 2.30. The van der Waals surface area contributed by atoms with E-state index in [2.05, 4.69) is 45.3 Å². The molecule has 4 aromatic rings. The van der Waals surface area contributed by atoms with E-state index in [9.17, 15) is 0 Å². The van der Waals surface area contributed by atoms with Gasteiger partial charge in [-0.3, -0.25) is 4.57 Å². The molecular weight excluding hydrogens is 388 g/mol. The van der Waals surface area contributed by atoms with Crippen molar-refractivity contribution in [3.8, 4) is 22.0 Å². The molecule has 0 atom stereocenters. The van der Waals surface area contributed by atoms with Gasteiger partial charge in [-0.1, -0.05) is 42.1 Å². The second kappa shape index (κ2) is 8.16. The Balaban J connectivity index is 1.54. The molecule has 0 unspecified atom stereocenters. The van der Waals surface area contributed by atoms with Gasteiger partial charge in [-0.2, -0.15) is 0 Å². The summed E-state index contributed by atoms with van der Waals surface area (Å²) in [5, 5.41) is 12.6. The molecule has 4 rings (SSSR count). The lowest BCUT2D eigenvalue weighted by molar-refractivity contribution is 0.415. The normalized spacial score (nSPS) is 11.0. The molecule has 2 aromatic carbocycles. The number of hydrogen-bond donors (Lipinski definition) is 0. The molecule has 0 saturated heterocycles. The Bertz CT molecular complexity index is 1100. The molecule has 0 aliphatic carbocycles. The van der Waals surface area contributed by atoms with E-state index >= 15 is 0 Å². The lowest BCUT2D eigenvalue weighted by Crippen LogP contribution is -2.01. The molecule has 5 nitrogen and oxygen atoms in total. The van der Waals surface area contributed by atoms with Gasteiger partial charge in [0.15, 0.2) is 5.16 Å². The number of benzene rings is 2. The summed E-state index contributed by atoms with van der Waals surface area (Å²) in [5.41, 5.74) is 4.41. The zero-order chi connectivity index (χ0) is 19.5. The standard InChI is InChI=1S/C21H20N4OS2/c1-14-7-4-5-10-19(14)25-15(2)23-24-21(25)28-13-17-12-27-20(22-17)16-8-6-9-18(11-16)26-3/h4-12H,13H2,1-3H3. The van der Waals surface area contributed by atoms with Gasteiger partial charge in [0.25, 0.3) is 0 Å². The lowest BCUT2D eigenvalue weighted by atomic mass is 10.2. The first kappa shape index (κ1) is 18.7. The zero-order valence-corrected chi connectivity index (χ0v) is 17.5. The van der Waals surface area contributed by atoms with Gasteiger partial charge in [-0.05, 0) is 37.6 Å². The van der Waals surface area contributed by atoms with Crippen LogP contribution in [0.15, 0.2) is 59.1 Å². The predicted octanol–water partition coefficient (Wildman–Crippen LogP) is 5.31. The van der Waals surface area contributed by atoms with Gasteiger partial charge in [0.05, 0.1) is 18.5 Å². The van der Waals surface area contributed by atoms with Crippen LogP contribution < -0.4 is 4.74 Å². The summed E-state index contributed by atoms with van der Waals surface area (Å²) in [6.07, 6.45) is 0. The molecule has 28 heavy (non-hydrogen) atoms. The van der Waals surface area contributed by atoms with E-state index in [1.165, 1.54) is 5.56 Å². The van der Waals surface area contributed by atoms with Crippen LogP contribution in [0.1, 0.15) is 17.1 Å². The van der Waals surface area contributed by atoms with Gasteiger partial charge in [0, 0.05) is 16.7 Å². The van der Waals surface area contributed by atoms with Crippen molar-refractivity contribution in [1.29, 1.82) is 0 Å². The van der Waals surface area contributed by atoms with Crippen LogP contribution in [-0.2, 0) is 5.75 Å². The van der Waals surface area contributed by atoms with Crippen molar-refractivity contribution in [2.24, 2.45) is 0 Å². The molecule has 0 N–H and O–H groups in total. The molecule has 0 fully saturated rings. The maximum Gasteiger partial charge on any atom is 0.196 e. The second-order valence-corrected chi connectivity index (χ2v) is 8.12. The molecule has 7 heteroatoms. The first-order chi connectivity index (χ1) is 13.7. The van der Waals surface area contributed by atoms with Gasteiger partial charge in [0.1, 0.15) is 16.6 Å². The number of thioether (sulfide) groups is 1. The monoisotopic (exact) mass is 408 g/mol. The van der Waals surface area contributed by atoms with E-state index in [4.69, 9.17) is 9.72 Å². The number of methoxy groups -OCH3 is 1. The number of aromatic nitrogens is 4. The Morgan fingerprint density at radius 2 is 1.93 bits per heavy atom. The molecule has 0 aliphatic heterocycles. The van der Waals surface area contributed by atoms with Crippen LogP contribution in [0, 0.1) is 13.8 Å². The Morgan fingerprint density at radius 1 is 1.07 bits per heavy atom. The van der Waals surface area contributed by atoms with Crippen molar-refractivity contribution in [3.63, 3.8) is 0 Å². The Kier molecular flexibility index (Phi) is 5.45. The molecule has 0 radical (unpaired) electrons. The third-order valence-electron chi connectivity index (χ3n) is 4.37. The average Bonchev–Trinajstić information content (AvgIpc) is 3.34. The third kappa shape index (κ3) is 3.81. The fourth-order valence-corrected chi connectivity index (χ4v) is 4.73. The molecule has 0 aliphatic rings. The van der Waals surface area contributed by atoms with Crippen LogP contribution in [0.2, 0.25) is 0 Å². The van der Waals surface area contributed by atoms with Crippen LogP contribution in [0.5, 0.6) is 5.75 Å². The maximum atomic E-state index is 5.31. The van der Waals surface area contributed by atoms with Gasteiger partial charge in [0.2, 0.25) is 0 Å². The van der Waals surface area contributed by atoms with Crippen LogP contribution in [0.4, 0.5) is 0 Å². The molecule has 0 amide bonds. The smallest absolute Gasteiger partial charge is 0.196 e. The number of para-hydroxylation sites is 1. The van der Waals surface area contributed by atoms with Gasteiger partial charge >= 0.3 is 0 Å². The van der Waals surface area contributed by atoms with Gasteiger partial charge in [-0.25, -0.2) is 4.98 Å². The first-order valence-electron chi connectivity index (χ1n) is 8.85. The van der Waals surface area contributed by atoms with E-state index in [0.717, 1.165) is 44.4 Å². The van der Waals surface area contributed by atoms with Crippen LogP contribution in [0.25, 0.3) is 16.3 Å². The Morgan fingerprint density at radius 3 is 2.75 bits per heavy atom. The van der Waals surface area contributed by atoms with E-state index in [-0.39, 0.29) is 0 Å². The van der Waals surface area contributed by atoms with Crippen molar-refractivity contribution in [3.05, 3.63) is 71.0 Å². The number of nitrogens with zero attached hydrogens (tertiary/aromatic N) is 4. The third-order valence-corrected chi connectivity index (χ3v) is 6.27. The molecule has 0 spiro atoms. The predicted molar refractivity (Wildman–Crippen MR) is 114 cm³/mol.